The molecule has 4 heteroatoms. The van der Waals surface area contributed by atoms with E-state index >= 15 is 0 Å². The summed E-state index contributed by atoms with van der Waals surface area (Å²) in [7, 11) is 0. The van der Waals surface area contributed by atoms with Crippen LogP contribution in [0.1, 0.15) is 0 Å². The van der Waals surface area contributed by atoms with Crippen LogP contribution in [0.25, 0.3) is 0 Å². The van der Waals surface area contributed by atoms with Crippen molar-refractivity contribution in [2.75, 3.05) is 17.3 Å². The molecule has 0 aliphatic rings. The minimum absolute atomic E-state index is 0.531. The topological polar surface area (TPSA) is 50.9 Å². The molecule has 0 radical (unpaired) electrons. The number of hydrogen-bond acceptors (Lipinski definition) is 4. The minimum atomic E-state index is 0.531. The van der Waals surface area contributed by atoms with Crippen LogP contribution in [0.5, 0.6) is 0 Å². The Morgan fingerprint density at radius 2 is 2.06 bits per heavy atom. The van der Waals surface area contributed by atoms with Gasteiger partial charge in [-0.3, -0.25) is 0 Å². The second kappa shape index (κ2) is 4.90. The number of thioether (sulfide) groups is 1. The molecule has 0 unspecified atom stereocenters. The summed E-state index contributed by atoms with van der Waals surface area (Å²) in [4.78, 5) is 5.26. The van der Waals surface area contributed by atoms with Gasteiger partial charge in [0.25, 0.3) is 0 Å². The maximum Gasteiger partial charge on any atom is 0.123 e. The van der Waals surface area contributed by atoms with Gasteiger partial charge >= 0.3 is 0 Å². The zero-order valence-electron chi connectivity index (χ0n) is 8.97. The minimum Gasteiger partial charge on any atom is -0.384 e. The lowest BCUT2D eigenvalue weighted by molar-refractivity contribution is 1.32. The highest BCUT2D eigenvalue weighted by Crippen LogP contribution is 2.22. The van der Waals surface area contributed by atoms with E-state index in [-0.39, 0.29) is 0 Å². The molecule has 0 spiro atoms. The standard InChI is InChI=1S/C12H13N3S/c1-16-11-4-2-3-9(7-11)15-10-5-6-12(13)14-8-10/h2-8,15H,1H3,(H2,13,14). The number of pyridine rings is 1. The zero-order valence-corrected chi connectivity index (χ0v) is 9.79. The Hall–Kier alpha value is -1.68. The Labute approximate surface area is 99.1 Å². The summed E-state index contributed by atoms with van der Waals surface area (Å²) in [5, 5.41) is 3.27. The van der Waals surface area contributed by atoms with Crippen molar-refractivity contribution < 1.29 is 0 Å². The molecule has 3 N–H and O–H groups in total. The molecule has 1 heterocycles. The summed E-state index contributed by atoms with van der Waals surface area (Å²) in [6.07, 6.45) is 3.78. The van der Waals surface area contributed by atoms with E-state index in [1.807, 2.05) is 18.2 Å². The van der Waals surface area contributed by atoms with Gasteiger partial charge < -0.3 is 11.1 Å². The predicted molar refractivity (Wildman–Crippen MR) is 70.2 cm³/mol. The second-order valence-electron chi connectivity index (χ2n) is 3.33. The van der Waals surface area contributed by atoms with Crippen molar-refractivity contribution in [3.05, 3.63) is 42.6 Å². The van der Waals surface area contributed by atoms with Crippen LogP contribution >= 0.6 is 11.8 Å². The average molecular weight is 231 g/mol. The van der Waals surface area contributed by atoms with Crippen LogP contribution in [0, 0.1) is 0 Å². The highest BCUT2D eigenvalue weighted by molar-refractivity contribution is 7.98. The molecule has 0 saturated heterocycles. The van der Waals surface area contributed by atoms with Crippen molar-refractivity contribution in [2.45, 2.75) is 4.90 Å². The highest BCUT2D eigenvalue weighted by atomic mass is 32.2. The van der Waals surface area contributed by atoms with Crippen molar-refractivity contribution >= 4 is 29.0 Å². The summed E-state index contributed by atoms with van der Waals surface area (Å²) in [5.74, 6) is 0.531. The van der Waals surface area contributed by atoms with E-state index in [0.29, 0.717) is 5.82 Å². The van der Waals surface area contributed by atoms with Crippen molar-refractivity contribution in [1.82, 2.24) is 4.98 Å². The Morgan fingerprint density at radius 1 is 1.19 bits per heavy atom. The fourth-order valence-corrected chi connectivity index (χ4v) is 1.81. The van der Waals surface area contributed by atoms with Gasteiger partial charge in [-0.1, -0.05) is 6.07 Å². The van der Waals surface area contributed by atoms with E-state index in [1.54, 1.807) is 24.0 Å². The molecule has 0 saturated carbocycles. The summed E-state index contributed by atoms with van der Waals surface area (Å²) >= 11 is 1.72. The van der Waals surface area contributed by atoms with Crippen LogP contribution < -0.4 is 11.1 Å². The summed E-state index contributed by atoms with van der Waals surface area (Å²) in [6.45, 7) is 0. The molecule has 0 bridgehead atoms. The Kier molecular flexibility index (Phi) is 3.31. The summed E-state index contributed by atoms with van der Waals surface area (Å²) in [6, 6.07) is 11.9. The third kappa shape index (κ3) is 2.67. The monoisotopic (exact) mass is 231 g/mol. The molecule has 0 aliphatic carbocycles. The van der Waals surface area contributed by atoms with Crippen LogP contribution in [-0.4, -0.2) is 11.2 Å². The number of nitrogens with zero attached hydrogens (tertiary/aromatic N) is 1. The van der Waals surface area contributed by atoms with Crippen molar-refractivity contribution in [3.8, 4) is 0 Å². The second-order valence-corrected chi connectivity index (χ2v) is 4.21. The van der Waals surface area contributed by atoms with E-state index in [4.69, 9.17) is 5.73 Å². The lowest BCUT2D eigenvalue weighted by Gasteiger charge is -2.07. The van der Waals surface area contributed by atoms with Crippen LogP contribution in [0.3, 0.4) is 0 Å². The smallest absolute Gasteiger partial charge is 0.123 e. The molecular weight excluding hydrogens is 218 g/mol. The lowest BCUT2D eigenvalue weighted by Crippen LogP contribution is -1.93. The van der Waals surface area contributed by atoms with E-state index in [9.17, 15) is 0 Å². The van der Waals surface area contributed by atoms with Crippen molar-refractivity contribution in [3.63, 3.8) is 0 Å². The Bertz CT molecular complexity index is 468. The quantitative estimate of drug-likeness (QED) is 0.797. The van der Waals surface area contributed by atoms with Gasteiger partial charge in [0, 0.05) is 10.6 Å². The third-order valence-electron chi connectivity index (χ3n) is 2.14. The van der Waals surface area contributed by atoms with E-state index in [2.05, 4.69) is 28.7 Å². The number of nitrogens with one attached hydrogen (secondary N) is 1. The van der Waals surface area contributed by atoms with Gasteiger partial charge in [0.1, 0.15) is 5.82 Å². The van der Waals surface area contributed by atoms with Crippen LogP contribution in [-0.2, 0) is 0 Å². The summed E-state index contributed by atoms with van der Waals surface area (Å²) in [5.41, 5.74) is 7.52. The molecule has 0 amide bonds. The maximum atomic E-state index is 5.52. The third-order valence-corrected chi connectivity index (χ3v) is 2.87. The Morgan fingerprint density at radius 3 is 2.75 bits per heavy atom. The average Bonchev–Trinajstić information content (AvgIpc) is 2.32. The van der Waals surface area contributed by atoms with Crippen molar-refractivity contribution in [2.24, 2.45) is 0 Å². The van der Waals surface area contributed by atoms with Gasteiger partial charge in [0.2, 0.25) is 0 Å². The van der Waals surface area contributed by atoms with Gasteiger partial charge in [0.15, 0.2) is 0 Å². The molecule has 16 heavy (non-hydrogen) atoms. The van der Waals surface area contributed by atoms with Crippen LogP contribution in [0.15, 0.2) is 47.5 Å². The normalized spacial score (nSPS) is 10.1. The van der Waals surface area contributed by atoms with Gasteiger partial charge in [-0.2, -0.15) is 0 Å². The first kappa shape index (κ1) is 10.8. The predicted octanol–water partition coefficient (Wildman–Crippen LogP) is 3.13. The first-order valence-electron chi connectivity index (χ1n) is 4.90. The molecule has 2 rings (SSSR count). The van der Waals surface area contributed by atoms with Crippen molar-refractivity contribution in [1.29, 1.82) is 0 Å². The van der Waals surface area contributed by atoms with Gasteiger partial charge in [-0.05, 0) is 36.6 Å². The number of aromatic nitrogens is 1. The lowest BCUT2D eigenvalue weighted by atomic mass is 10.3. The molecule has 0 atom stereocenters. The van der Waals surface area contributed by atoms with Gasteiger partial charge in [0.05, 0.1) is 11.9 Å². The zero-order chi connectivity index (χ0) is 11.4. The molecule has 0 aliphatic heterocycles. The Balaban J connectivity index is 2.16. The maximum absolute atomic E-state index is 5.52. The molecule has 82 valence electrons. The van der Waals surface area contributed by atoms with E-state index in [1.165, 1.54) is 4.90 Å². The number of anilines is 3. The highest BCUT2D eigenvalue weighted by Gasteiger charge is 1.96. The SMILES string of the molecule is CSc1cccc(Nc2ccc(N)nc2)c1. The molecular formula is C12H13N3S. The first-order valence-corrected chi connectivity index (χ1v) is 6.13. The largest absolute Gasteiger partial charge is 0.384 e. The molecule has 1 aromatic heterocycles. The van der Waals surface area contributed by atoms with Crippen LogP contribution in [0.4, 0.5) is 17.2 Å². The first-order chi connectivity index (χ1) is 7.78. The van der Waals surface area contributed by atoms with Gasteiger partial charge in [-0.25, -0.2) is 4.98 Å². The molecule has 2 aromatic rings. The molecule has 0 fully saturated rings. The molecule has 1 aromatic carbocycles. The fourth-order valence-electron chi connectivity index (χ4n) is 1.35. The molecule has 3 nitrogen and oxygen atoms in total. The number of hydrogen-bond donors (Lipinski definition) is 2. The number of nitrogen functional groups attached to an aromatic ring is 1. The van der Waals surface area contributed by atoms with E-state index < -0.39 is 0 Å². The fraction of sp³-hybridized carbons (Fsp3) is 0.0833. The van der Waals surface area contributed by atoms with E-state index in [0.717, 1.165) is 11.4 Å². The number of nitrogens with two attached hydrogens (primary N) is 1. The number of rotatable bonds is 3. The van der Waals surface area contributed by atoms with Gasteiger partial charge in [-0.15, -0.1) is 11.8 Å². The number of benzene rings is 1. The van der Waals surface area contributed by atoms with Crippen LogP contribution in [0.2, 0.25) is 0 Å². The summed E-state index contributed by atoms with van der Waals surface area (Å²) < 4.78 is 0.